The van der Waals surface area contributed by atoms with Gasteiger partial charge in [-0.1, -0.05) is 12.1 Å². The first kappa shape index (κ1) is 19.7. The molecule has 7 nitrogen and oxygen atoms in total. The molecular weight excluding hydrogens is 455 g/mol. The molecule has 1 saturated heterocycles. The molecule has 1 aromatic carbocycles. The topological polar surface area (TPSA) is 79.9 Å². The van der Waals surface area contributed by atoms with Crippen molar-refractivity contribution in [3.05, 3.63) is 47.8 Å². The smallest absolute Gasteiger partial charge is 0.225 e. The van der Waals surface area contributed by atoms with Gasteiger partial charge in [-0.2, -0.15) is 0 Å². The van der Waals surface area contributed by atoms with E-state index in [0.717, 1.165) is 57.3 Å². The molecule has 0 aliphatic carbocycles. The Bertz CT molecular complexity index is 777. The van der Waals surface area contributed by atoms with Crippen molar-refractivity contribution in [2.75, 3.05) is 44.2 Å². The molecule has 0 atom stereocenters. The van der Waals surface area contributed by atoms with Gasteiger partial charge in [-0.3, -0.25) is 4.99 Å². The van der Waals surface area contributed by atoms with Crippen LogP contribution in [0.15, 0.2) is 41.7 Å². The summed E-state index contributed by atoms with van der Waals surface area (Å²) in [5.74, 6) is 2.43. The molecule has 0 amide bonds. The van der Waals surface area contributed by atoms with E-state index in [-0.39, 0.29) is 24.0 Å². The van der Waals surface area contributed by atoms with Crippen LogP contribution in [0.3, 0.4) is 0 Å². The summed E-state index contributed by atoms with van der Waals surface area (Å²) in [5.41, 5.74) is 8.79. The van der Waals surface area contributed by atoms with E-state index in [2.05, 4.69) is 43.0 Å². The van der Waals surface area contributed by atoms with Gasteiger partial charge in [0.2, 0.25) is 5.95 Å². The highest BCUT2D eigenvalue weighted by Gasteiger charge is 2.19. The zero-order valence-corrected chi connectivity index (χ0v) is 17.6. The summed E-state index contributed by atoms with van der Waals surface area (Å²) >= 11 is 0. The van der Waals surface area contributed by atoms with Gasteiger partial charge in [0, 0.05) is 51.5 Å². The predicted molar refractivity (Wildman–Crippen MR) is 117 cm³/mol. The van der Waals surface area contributed by atoms with Crippen molar-refractivity contribution < 1.29 is 4.74 Å². The first-order valence-corrected chi connectivity index (χ1v) is 9.11. The zero-order chi connectivity index (χ0) is 17.8. The van der Waals surface area contributed by atoms with E-state index >= 15 is 0 Å². The van der Waals surface area contributed by atoms with Crippen molar-refractivity contribution in [3.63, 3.8) is 0 Å². The number of nitrogens with zero attached hydrogens (tertiary/aromatic N) is 5. The Morgan fingerprint density at radius 2 is 1.93 bits per heavy atom. The van der Waals surface area contributed by atoms with Crippen LogP contribution in [0, 0.1) is 0 Å². The third kappa shape index (κ3) is 4.79. The van der Waals surface area contributed by atoms with Crippen LogP contribution in [-0.4, -0.2) is 60.2 Å². The van der Waals surface area contributed by atoms with Crippen molar-refractivity contribution in [3.8, 4) is 5.75 Å². The average molecular weight is 480 g/mol. The number of rotatable bonds is 4. The SMILES string of the molecule is I.NC(=NCCc1ccc2c(c1)CCO2)N1CCN(c2ncccn2)CC1. The molecule has 2 N–H and O–H groups in total. The molecule has 2 aromatic rings. The van der Waals surface area contributed by atoms with Crippen molar-refractivity contribution in [2.24, 2.45) is 10.7 Å². The molecule has 3 heterocycles. The number of anilines is 1. The molecule has 4 rings (SSSR count). The van der Waals surface area contributed by atoms with E-state index in [1.807, 2.05) is 6.07 Å². The molecule has 0 spiro atoms. The Labute approximate surface area is 176 Å². The number of aromatic nitrogens is 2. The quantitative estimate of drug-likeness (QED) is 0.408. The fraction of sp³-hybridized carbons (Fsp3) is 0.421. The van der Waals surface area contributed by atoms with Gasteiger partial charge < -0.3 is 20.3 Å². The molecule has 1 aromatic heterocycles. The number of hydrogen-bond donors (Lipinski definition) is 1. The van der Waals surface area contributed by atoms with Crippen LogP contribution in [0.5, 0.6) is 5.75 Å². The largest absolute Gasteiger partial charge is 0.493 e. The van der Waals surface area contributed by atoms with Crippen molar-refractivity contribution in [2.45, 2.75) is 12.8 Å². The molecule has 144 valence electrons. The monoisotopic (exact) mass is 480 g/mol. The summed E-state index contributed by atoms with van der Waals surface area (Å²) in [5, 5.41) is 0. The number of guanidine groups is 1. The Balaban J connectivity index is 0.00000210. The molecule has 0 saturated carbocycles. The third-order valence-electron chi connectivity index (χ3n) is 4.87. The molecule has 0 unspecified atom stereocenters. The number of piperazine rings is 1. The maximum atomic E-state index is 6.19. The van der Waals surface area contributed by atoms with Crippen molar-refractivity contribution in [1.29, 1.82) is 0 Å². The van der Waals surface area contributed by atoms with Crippen LogP contribution >= 0.6 is 24.0 Å². The van der Waals surface area contributed by atoms with Gasteiger partial charge in [-0.15, -0.1) is 24.0 Å². The summed E-state index contributed by atoms with van der Waals surface area (Å²) in [4.78, 5) is 17.5. The van der Waals surface area contributed by atoms with Gasteiger partial charge in [0.1, 0.15) is 5.75 Å². The Hall–Kier alpha value is -2.10. The Morgan fingerprint density at radius 3 is 2.70 bits per heavy atom. The summed E-state index contributed by atoms with van der Waals surface area (Å²) in [6.07, 6.45) is 5.45. The average Bonchev–Trinajstić information content (AvgIpc) is 3.16. The highest BCUT2D eigenvalue weighted by molar-refractivity contribution is 14.0. The maximum absolute atomic E-state index is 6.19. The highest BCUT2D eigenvalue weighted by atomic mass is 127. The first-order valence-electron chi connectivity index (χ1n) is 9.11. The molecule has 2 aliphatic rings. The number of fused-ring (bicyclic) bond motifs is 1. The van der Waals surface area contributed by atoms with Crippen molar-refractivity contribution >= 4 is 35.9 Å². The van der Waals surface area contributed by atoms with Crippen LogP contribution in [0.1, 0.15) is 11.1 Å². The minimum absolute atomic E-state index is 0. The molecule has 27 heavy (non-hydrogen) atoms. The van der Waals surface area contributed by atoms with Crippen LogP contribution in [0.4, 0.5) is 5.95 Å². The summed E-state index contributed by atoms with van der Waals surface area (Å²) in [6, 6.07) is 8.25. The fourth-order valence-electron chi connectivity index (χ4n) is 3.39. The molecular formula is C19H25IN6O. The second-order valence-electron chi connectivity index (χ2n) is 6.55. The van der Waals surface area contributed by atoms with E-state index in [4.69, 9.17) is 10.5 Å². The number of ether oxygens (including phenoxy) is 1. The Kier molecular flexibility index (Phi) is 6.70. The minimum atomic E-state index is 0. The van der Waals surface area contributed by atoms with Gasteiger partial charge in [-0.05, 0) is 29.7 Å². The molecule has 2 aliphatic heterocycles. The van der Waals surface area contributed by atoms with Gasteiger partial charge in [0.25, 0.3) is 0 Å². The second kappa shape index (κ2) is 9.20. The maximum Gasteiger partial charge on any atom is 0.225 e. The molecule has 0 radical (unpaired) electrons. The molecule has 1 fully saturated rings. The van der Waals surface area contributed by atoms with Crippen LogP contribution in [0.25, 0.3) is 0 Å². The fourth-order valence-corrected chi connectivity index (χ4v) is 3.39. The lowest BCUT2D eigenvalue weighted by molar-refractivity contribution is 0.357. The lowest BCUT2D eigenvalue weighted by Crippen LogP contribution is -2.51. The van der Waals surface area contributed by atoms with Gasteiger partial charge >= 0.3 is 0 Å². The van der Waals surface area contributed by atoms with E-state index in [9.17, 15) is 0 Å². The summed E-state index contributed by atoms with van der Waals surface area (Å²) in [7, 11) is 0. The number of nitrogens with two attached hydrogens (primary N) is 1. The van der Waals surface area contributed by atoms with Crippen molar-refractivity contribution in [1.82, 2.24) is 14.9 Å². The normalized spacial score (nSPS) is 16.5. The number of halogens is 1. The number of hydrogen-bond acceptors (Lipinski definition) is 5. The van der Waals surface area contributed by atoms with Gasteiger partial charge in [0.05, 0.1) is 6.61 Å². The van der Waals surface area contributed by atoms with Crippen LogP contribution < -0.4 is 15.4 Å². The summed E-state index contributed by atoms with van der Waals surface area (Å²) < 4.78 is 5.55. The van der Waals surface area contributed by atoms with Gasteiger partial charge in [-0.25, -0.2) is 9.97 Å². The van der Waals surface area contributed by atoms with E-state index < -0.39 is 0 Å². The number of aliphatic imine (C=N–C) groups is 1. The summed E-state index contributed by atoms with van der Waals surface area (Å²) in [6.45, 7) is 4.88. The highest BCUT2D eigenvalue weighted by Crippen LogP contribution is 2.25. The second-order valence-corrected chi connectivity index (χ2v) is 6.55. The lowest BCUT2D eigenvalue weighted by atomic mass is 10.1. The molecule has 8 heteroatoms. The third-order valence-corrected chi connectivity index (χ3v) is 4.87. The zero-order valence-electron chi connectivity index (χ0n) is 15.3. The van der Waals surface area contributed by atoms with Crippen LogP contribution in [0.2, 0.25) is 0 Å². The van der Waals surface area contributed by atoms with E-state index in [1.165, 1.54) is 11.1 Å². The van der Waals surface area contributed by atoms with Crippen LogP contribution in [-0.2, 0) is 12.8 Å². The van der Waals surface area contributed by atoms with Gasteiger partial charge in [0.15, 0.2) is 5.96 Å². The first-order chi connectivity index (χ1) is 12.8. The lowest BCUT2D eigenvalue weighted by Gasteiger charge is -2.35. The van der Waals surface area contributed by atoms with E-state index in [1.54, 1.807) is 12.4 Å². The number of benzene rings is 1. The standard InChI is InChI=1S/C19H24N6O.HI/c20-18(21-8-4-15-2-3-17-16(14-15)5-13-26-17)24-9-11-25(12-10-24)19-22-6-1-7-23-19;/h1-3,6-7,14H,4-5,8-13H2,(H2,20,21);1H. The van der Waals surface area contributed by atoms with E-state index in [0.29, 0.717) is 12.5 Å². The molecule has 0 bridgehead atoms. The predicted octanol–water partition coefficient (Wildman–Crippen LogP) is 1.71. The Morgan fingerprint density at radius 1 is 1.15 bits per heavy atom. The minimum Gasteiger partial charge on any atom is -0.493 e.